The third kappa shape index (κ3) is 15.5. The van der Waals surface area contributed by atoms with Crippen LogP contribution in [0.1, 0.15) is 105 Å². The monoisotopic (exact) mass is 1810 g/mol. The molecule has 0 unspecified atom stereocenters. The molecule has 0 saturated heterocycles. The van der Waals surface area contributed by atoms with E-state index < -0.39 is 0 Å². The lowest BCUT2D eigenvalue weighted by molar-refractivity contribution is 0.411. The average Bonchev–Trinajstić information content (AvgIpc) is 1.59. The van der Waals surface area contributed by atoms with Crippen LogP contribution in [0.15, 0.2) is 200 Å². The van der Waals surface area contributed by atoms with Crippen LogP contribution >= 0.6 is 96.5 Å². The molecule has 0 atom stereocenters. The Morgan fingerprint density at radius 1 is 0.302 bits per heavy atom. The van der Waals surface area contributed by atoms with Crippen LogP contribution in [-0.4, -0.2) is 118 Å². The first-order valence-electron chi connectivity index (χ1n) is 43.0. The van der Waals surface area contributed by atoms with E-state index in [0.717, 1.165) is 279 Å². The Morgan fingerprint density at radius 2 is 0.611 bits per heavy atom. The zero-order chi connectivity index (χ0) is 86.0. The number of ether oxygens (including phenoxy) is 2. The Bertz CT molecular complexity index is 6340. The van der Waals surface area contributed by atoms with Gasteiger partial charge in [0.25, 0.3) is 0 Å². The Morgan fingerprint density at radius 3 is 1.03 bits per heavy atom. The molecule has 13 aromatic rings. The van der Waals surface area contributed by atoms with E-state index in [2.05, 4.69) is 131 Å². The fourth-order valence-corrected chi connectivity index (χ4v) is 22.7. The lowest BCUT2D eigenvalue weighted by atomic mass is 9.93. The van der Waals surface area contributed by atoms with E-state index in [9.17, 15) is 4.39 Å². The Balaban J connectivity index is 0.0000000955. The molecule has 0 saturated carbocycles. The number of aryl methyl sites for hydroxylation is 4. The quantitative estimate of drug-likeness (QED) is 0.126. The first kappa shape index (κ1) is 83.1. The first-order valence-corrected chi connectivity index (χ1v) is 46.2. The lowest BCUT2D eigenvalue weighted by Crippen LogP contribution is -2.31. The number of anilines is 6. The second-order valence-corrected chi connectivity index (χ2v) is 36.6. The average molecular weight is 1810 g/mol. The molecule has 0 N–H and O–H groups in total. The van der Waals surface area contributed by atoms with Gasteiger partial charge in [0, 0.05) is 247 Å². The van der Waals surface area contributed by atoms with Crippen LogP contribution in [0, 0.1) is 5.82 Å². The first-order chi connectivity index (χ1) is 61.6. The number of thiocarbonyl (C=S) groups is 6. The summed E-state index contributed by atoms with van der Waals surface area (Å²) in [4.78, 5) is 49.4. The van der Waals surface area contributed by atoms with Gasteiger partial charge < -0.3 is 43.3 Å². The number of nitrogens with zero attached hydrogens (tertiary/aromatic N) is 13. The minimum atomic E-state index is -0.107. The third-order valence-corrected chi connectivity index (χ3v) is 29.4. The van der Waals surface area contributed by atoms with Crippen molar-refractivity contribution in [2.75, 3.05) is 82.9 Å². The van der Waals surface area contributed by atoms with E-state index in [1.54, 1.807) is 70.1 Å². The zero-order valence-corrected chi connectivity index (χ0v) is 76.0. The molecule has 19 heterocycles. The standard InChI is InChI=1S/C19H15N3OS.2C17H16N2OS.2C16H13ClN2S.C16H13FN2S/c24-17-2-1-12-7-14(8-13-3-5-22(17)18(12)13)15-9-16(11-20-10-15)19-21-4-6-23-19;1-20-17-13-4-5-15(21)19-8-6-11(16(13)19)9-14(17)12-3-2-7-18-10-12;1-20-17-13-6-8-19-15(21)5-4-11(16(13)19)9-14(17)12-3-2-7-18-10-12;17-15-12-3-4-14(20)19-7-5-10(16(12)19)8-13(15)11-2-1-6-18-9-11;2*17-15-12-5-7-19-14(20)4-3-10(16(12)19)8-13(15)11-2-1-6-18-9-11/h4,6-11H,1-3,5H2;2*2-3,7,9-10H,4-6,8H2,1H3;3*1-2,6,8-9H,3-5,7H2. The van der Waals surface area contributed by atoms with Gasteiger partial charge in [0.05, 0.1) is 83.0 Å². The SMILES string of the molecule is COc1c(-c2cccnc2)cc2c3c1CCC(=S)N3CC2.COc1c(-c2cccnc2)cc2c3c1CCN3C(=S)CC2.Fc1c(-c2cccnc2)cc2c3c1CCN3C(=S)CC2.S=C1CCc2c(Cl)c(-c3cccnc3)cc3c2N1CC3.S=C1CCc2cc(-c3cccnc3)c(Cl)c3c2N1CC3.S=C1CCc2cc(-c3cncc(-c4ncco4)c3)cc3c2N1CC3. The molecule has 0 spiro atoms. The van der Waals surface area contributed by atoms with Crippen LogP contribution in [0.3, 0.4) is 0 Å². The lowest BCUT2D eigenvalue weighted by Gasteiger charge is -2.30. The molecule has 0 fully saturated rings. The van der Waals surface area contributed by atoms with Gasteiger partial charge in [-0.05, 0) is 212 Å². The van der Waals surface area contributed by atoms with Crippen molar-refractivity contribution in [3.8, 4) is 89.7 Å². The van der Waals surface area contributed by atoms with Crippen molar-refractivity contribution < 1.29 is 18.3 Å². The number of rotatable bonds is 9. The van der Waals surface area contributed by atoms with Crippen molar-refractivity contribution in [2.24, 2.45) is 0 Å². The third-order valence-electron chi connectivity index (χ3n) is 26.0. The van der Waals surface area contributed by atoms with Crippen molar-refractivity contribution in [1.29, 1.82) is 0 Å². The van der Waals surface area contributed by atoms with E-state index in [1.165, 1.54) is 95.2 Å². The number of hydrogen-bond donors (Lipinski definition) is 0. The van der Waals surface area contributed by atoms with Crippen molar-refractivity contribution in [3.05, 3.63) is 279 Å². The van der Waals surface area contributed by atoms with Gasteiger partial charge in [-0.2, -0.15) is 0 Å². The Labute approximate surface area is 774 Å². The Hall–Kier alpha value is -11.1. The maximum absolute atomic E-state index is 14.8. The summed E-state index contributed by atoms with van der Waals surface area (Å²) in [6.07, 6.45) is 42.5. The second-order valence-electron chi connectivity index (χ2n) is 33.0. The van der Waals surface area contributed by atoms with Gasteiger partial charge in [-0.3, -0.25) is 29.9 Å². The van der Waals surface area contributed by atoms with Gasteiger partial charge in [-0.15, -0.1) is 0 Å². The van der Waals surface area contributed by atoms with Crippen LogP contribution in [0.2, 0.25) is 10.0 Å². The van der Waals surface area contributed by atoms with Gasteiger partial charge >= 0.3 is 0 Å². The number of pyridine rings is 6. The number of methoxy groups -OCH3 is 2. The molecule has 25 rings (SSSR count). The van der Waals surface area contributed by atoms with E-state index >= 15 is 0 Å². The molecule has 7 aromatic heterocycles. The number of oxazole rings is 1. The smallest absolute Gasteiger partial charge is 0.227 e. The summed E-state index contributed by atoms with van der Waals surface area (Å²) in [5.41, 5.74) is 36.6. The molecular weight excluding hydrogens is 1730 g/mol. The van der Waals surface area contributed by atoms with Crippen LogP contribution in [0.25, 0.3) is 78.2 Å². The highest BCUT2D eigenvalue weighted by molar-refractivity contribution is 7.81. The molecule has 12 aliphatic heterocycles. The molecule has 16 nitrogen and oxygen atoms in total. The van der Waals surface area contributed by atoms with Gasteiger partial charge in [-0.25, -0.2) is 9.37 Å². The summed E-state index contributed by atoms with van der Waals surface area (Å²) < 4.78 is 31.7. The predicted octanol–water partition coefficient (Wildman–Crippen LogP) is 22.4. The minimum absolute atomic E-state index is 0.107. The van der Waals surface area contributed by atoms with E-state index in [1.807, 2.05) is 73.4 Å². The van der Waals surface area contributed by atoms with Gasteiger partial charge in [0.2, 0.25) is 5.89 Å². The van der Waals surface area contributed by atoms with Crippen LogP contribution in [-0.2, 0) is 77.0 Å². The molecule has 25 heteroatoms. The van der Waals surface area contributed by atoms with Crippen LogP contribution in [0.4, 0.5) is 38.5 Å². The summed E-state index contributed by atoms with van der Waals surface area (Å²) in [5.74, 6) is 2.46. The Kier molecular flexibility index (Phi) is 23.5. The number of hydrogen-bond acceptors (Lipinski definition) is 16. The minimum Gasteiger partial charge on any atom is -0.496 e. The van der Waals surface area contributed by atoms with Crippen molar-refractivity contribution in [3.63, 3.8) is 0 Å². The maximum Gasteiger partial charge on any atom is 0.227 e. The topological polar surface area (TPSA) is 141 Å². The highest BCUT2D eigenvalue weighted by Gasteiger charge is 2.39. The van der Waals surface area contributed by atoms with Gasteiger partial charge in [0.1, 0.15) is 23.6 Å². The van der Waals surface area contributed by atoms with Crippen LogP contribution in [0.5, 0.6) is 11.5 Å². The molecule has 0 radical (unpaired) electrons. The van der Waals surface area contributed by atoms with Crippen LogP contribution < -0.4 is 38.9 Å². The number of halogens is 3. The number of benzene rings is 6. The predicted molar refractivity (Wildman–Crippen MR) is 528 cm³/mol. The second kappa shape index (κ2) is 35.6. The molecule has 630 valence electrons. The highest BCUT2D eigenvalue weighted by atomic mass is 35.5. The van der Waals surface area contributed by atoms with Crippen molar-refractivity contribution in [1.82, 2.24) is 34.9 Å². The van der Waals surface area contributed by atoms with E-state index in [0.29, 0.717) is 11.5 Å². The normalized spacial score (nSPS) is 16.2. The van der Waals surface area contributed by atoms with E-state index in [4.69, 9.17) is 110 Å². The molecule has 0 aliphatic carbocycles. The van der Waals surface area contributed by atoms with Gasteiger partial charge in [0.15, 0.2) is 0 Å². The highest BCUT2D eigenvalue weighted by Crippen LogP contribution is 2.52. The summed E-state index contributed by atoms with van der Waals surface area (Å²) in [6, 6.07) is 37.5. The summed E-state index contributed by atoms with van der Waals surface area (Å²) in [7, 11) is 3.51. The fraction of sp³-hybridized carbons (Fsp3) is 0.257. The van der Waals surface area contributed by atoms with Crippen molar-refractivity contribution in [2.45, 2.75) is 116 Å². The molecule has 126 heavy (non-hydrogen) atoms. The summed E-state index contributed by atoms with van der Waals surface area (Å²) in [5, 5.41) is 1.73. The fourth-order valence-electron chi connectivity index (χ4n) is 20.3. The summed E-state index contributed by atoms with van der Waals surface area (Å²) >= 11 is 46.2. The van der Waals surface area contributed by atoms with E-state index in [-0.39, 0.29) is 5.82 Å². The molecule has 6 aromatic carbocycles. The summed E-state index contributed by atoms with van der Waals surface area (Å²) in [6.45, 7) is 5.77. The maximum atomic E-state index is 14.8. The molecule has 0 bridgehead atoms. The van der Waals surface area contributed by atoms with Crippen molar-refractivity contribution >= 4 is 161 Å². The number of aromatic nitrogens is 7. The molecule has 12 aliphatic rings. The zero-order valence-electron chi connectivity index (χ0n) is 69.6. The molecule has 0 amide bonds. The largest absolute Gasteiger partial charge is 0.496 e. The molecular formula is C101H86Cl2FN13O3S6. The van der Waals surface area contributed by atoms with Gasteiger partial charge in [-0.1, -0.05) is 127 Å².